The molecule has 70 valence electrons. The Morgan fingerprint density at radius 2 is 2.23 bits per heavy atom. The molecular formula is C9H10ClFN2. The van der Waals surface area contributed by atoms with Crippen molar-refractivity contribution in [2.24, 2.45) is 5.73 Å². The Morgan fingerprint density at radius 3 is 2.92 bits per heavy atom. The zero-order valence-electron chi connectivity index (χ0n) is 6.98. The molecule has 0 saturated carbocycles. The fourth-order valence-corrected chi connectivity index (χ4v) is 2.10. The van der Waals surface area contributed by atoms with Gasteiger partial charge in [-0.05, 0) is 24.5 Å². The van der Waals surface area contributed by atoms with Gasteiger partial charge in [0.15, 0.2) is 5.82 Å². The molecule has 0 aromatic heterocycles. The number of rotatable bonds is 0. The van der Waals surface area contributed by atoms with Gasteiger partial charge < -0.3 is 11.5 Å². The van der Waals surface area contributed by atoms with Crippen molar-refractivity contribution < 1.29 is 4.39 Å². The summed E-state index contributed by atoms with van der Waals surface area (Å²) in [5.41, 5.74) is 12.6. The molecule has 0 saturated heterocycles. The second-order valence-electron chi connectivity index (χ2n) is 3.30. The topological polar surface area (TPSA) is 52.0 Å². The quantitative estimate of drug-likeness (QED) is 0.630. The highest BCUT2D eigenvalue weighted by Crippen LogP contribution is 2.38. The Hall–Kier alpha value is -0.800. The van der Waals surface area contributed by atoms with Gasteiger partial charge in [0.05, 0.1) is 5.69 Å². The van der Waals surface area contributed by atoms with E-state index < -0.39 is 5.82 Å². The third-order valence-corrected chi connectivity index (χ3v) is 2.80. The molecule has 1 aromatic rings. The predicted octanol–water partition coefficient (Wildman–Crippen LogP) is 2.01. The molecule has 1 aliphatic rings. The van der Waals surface area contributed by atoms with E-state index in [0.717, 1.165) is 18.4 Å². The molecule has 0 bridgehead atoms. The largest absolute Gasteiger partial charge is 0.396 e. The minimum atomic E-state index is -0.399. The van der Waals surface area contributed by atoms with Crippen LogP contribution in [0, 0.1) is 5.82 Å². The summed E-state index contributed by atoms with van der Waals surface area (Å²) in [6, 6.07) is 1.20. The fourth-order valence-electron chi connectivity index (χ4n) is 1.79. The minimum absolute atomic E-state index is 0.0844. The van der Waals surface area contributed by atoms with Gasteiger partial charge in [0, 0.05) is 16.6 Å². The van der Waals surface area contributed by atoms with Gasteiger partial charge in [-0.1, -0.05) is 11.6 Å². The smallest absolute Gasteiger partial charge is 0.151 e. The molecule has 0 heterocycles. The van der Waals surface area contributed by atoms with Crippen molar-refractivity contribution in [3.05, 3.63) is 28.0 Å². The SMILES string of the molecule is Nc1cc(Cl)c2c(c1F)[C@H](N)CC2. The Kier molecular flexibility index (Phi) is 1.93. The zero-order valence-corrected chi connectivity index (χ0v) is 7.74. The molecule has 4 N–H and O–H groups in total. The van der Waals surface area contributed by atoms with Crippen LogP contribution in [0.5, 0.6) is 0 Å². The lowest BCUT2D eigenvalue weighted by Crippen LogP contribution is -2.09. The maximum atomic E-state index is 13.5. The van der Waals surface area contributed by atoms with E-state index >= 15 is 0 Å². The van der Waals surface area contributed by atoms with Gasteiger partial charge in [0.1, 0.15) is 0 Å². The number of fused-ring (bicyclic) bond motifs is 1. The number of hydrogen-bond acceptors (Lipinski definition) is 2. The second-order valence-corrected chi connectivity index (χ2v) is 3.71. The Bertz CT molecular complexity index is 365. The highest BCUT2D eigenvalue weighted by Gasteiger charge is 2.26. The van der Waals surface area contributed by atoms with Crippen LogP contribution in [0.1, 0.15) is 23.6 Å². The van der Waals surface area contributed by atoms with E-state index in [-0.39, 0.29) is 11.7 Å². The van der Waals surface area contributed by atoms with Gasteiger partial charge in [-0.25, -0.2) is 4.39 Å². The van der Waals surface area contributed by atoms with Crippen molar-refractivity contribution in [2.45, 2.75) is 18.9 Å². The number of benzene rings is 1. The van der Waals surface area contributed by atoms with Crippen LogP contribution in [-0.4, -0.2) is 0 Å². The zero-order chi connectivity index (χ0) is 9.59. The highest BCUT2D eigenvalue weighted by atomic mass is 35.5. The van der Waals surface area contributed by atoms with Gasteiger partial charge in [0.25, 0.3) is 0 Å². The molecule has 2 nitrogen and oxygen atoms in total. The summed E-state index contributed by atoms with van der Waals surface area (Å²) in [4.78, 5) is 0. The lowest BCUT2D eigenvalue weighted by Gasteiger charge is -2.09. The van der Waals surface area contributed by atoms with E-state index in [2.05, 4.69) is 0 Å². The molecule has 0 aliphatic heterocycles. The van der Waals surface area contributed by atoms with Crippen molar-refractivity contribution >= 4 is 17.3 Å². The number of nitrogen functional groups attached to an aromatic ring is 1. The van der Waals surface area contributed by atoms with Gasteiger partial charge in [-0.15, -0.1) is 0 Å². The summed E-state index contributed by atoms with van der Waals surface area (Å²) >= 11 is 5.91. The van der Waals surface area contributed by atoms with E-state index in [1.807, 2.05) is 0 Å². The average Bonchev–Trinajstić information content (AvgIpc) is 2.44. The van der Waals surface area contributed by atoms with Crippen LogP contribution < -0.4 is 11.5 Å². The Morgan fingerprint density at radius 1 is 1.54 bits per heavy atom. The van der Waals surface area contributed by atoms with Crippen molar-refractivity contribution in [2.75, 3.05) is 5.73 Å². The van der Waals surface area contributed by atoms with Gasteiger partial charge in [-0.3, -0.25) is 0 Å². The summed E-state index contributed by atoms with van der Waals surface area (Å²) in [5.74, 6) is -0.399. The maximum Gasteiger partial charge on any atom is 0.151 e. The summed E-state index contributed by atoms with van der Waals surface area (Å²) in [7, 11) is 0. The van der Waals surface area contributed by atoms with Crippen LogP contribution >= 0.6 is 11.6 Å². The Labute approximate surface area is 80.7 Å². The second kappa shape index (κ2) is 2.86. The van der Waals surface area contributed by atoms with Gasteiger partial charge in [0.2, 0.25) is 0 Å². The summed E-state index contributed by atoms with van der Waals surface area (Å²) in [6.45, 7) is 0. The van der Waals surface area contributed by atoms with Crippen LogP contribution in [0.3, 0.4) is 0 Å². The van der Waals surface area contributed by atoms with E-state index in [4.69, 9.17) is 23.1 Å². The van der Waals surface area contributed by atoms with Crippen molar-refractivity contribution in [3.8, 4) is 0 Å². The number of nitrogens with two attached hydrogens (primary N) is 2. The molecule has 0 fully saturated rings. The molecule has 0 spiro atoms. The molecule has 4 heteroatoms. The molecule has 2 rings (SSSR count). The molecule has 0 amide bonds. The summed E-state index contributed by atoms with van der Waals surface area (Å²) < 4.78 is 13.5. The van der Waals surface area contributed by atoms with Crippen LogP contribution in [0.4, 0.5) is 10.1 Å². The normalized spacial score (nSPS) is 20.4. The first kappa shape index (κ1) is 8.78. The maximum absolute atomic E-state index is 13.5. The molecule has 1 aliphatic carbocycles. The van der Waals surface area contributed by atoms with Gasteiger partial charge >= 0.3 is 0 Å². The fraction of sp³-hybridized carbons (Fsp3) is 0.333. The van der Waals surface area contributed by atoms with Crippen LogP contribution in [0.2, 0.25) is 5.02 Å². The average molecular weight is 201 g/mol. The van der Waals surface area contributed by atoms with Crippen molar-refractivity contribution in [3.63, 3.8) is 0 Å². The number of anilines is 1. The van der Waals surface area contributed by atoms with E-state index in [9.17, 15) is 4.39 Å². The standard InChI is InChI=1S/C9H10ClFN2/c10-5-3-7(13)9(11)8-4(5)1-2-6(8)12/h3,6H,1-2,12-13H2/t6-/m1/s1. The monoisotopic (exact) mass is 200 g/mol. The molecule has 13 heavy (non-hydrogen) atoms. The van der Waals surface area contributed by atoms with Crippen molar-refractivity contribution in [1.82, 2.24) is 0 Å². The molecular weight excluding hydrogens is 191 g/mol. The first-order valence-electron chi connectivity index (χ1n) is 4.13. The lowest BCUT2D eigenvalue weighted by atomic mass is 10.1. The molecule has 1 atom stereocenters. The first-order valence-corrected chi connectivity index (χ1v) is 4.51. The summed E-state index contributed by atoms with van der Waals surface area (Å²) in [6.07, 6.45) is 1.49. The molecule has 0 unspecified atom stereocenters. The molecule has 1 aromatic carbocycles. The third-order valence-electron chi connectivity index (χ3n) is 2.46. The minimum Gasteiger partial charge on any atom is -0.396 e. The highest BCUT2D eigenvalue weighted by molar-refractivity contribution is 6.31. The van der Waals surface area contributed by atoms with Crippen LogP contribution in [0.25, 0.3) is 0 Å². The van der Waals surface area contributed by atoms with E-state index in [1.165, 1.54) is 6.07 Å². The predicted molar refractivity (Wildman–Crippen MR) is 51.1 cm³/mol. The summed E-state index contributed by atoms with van der Waals surface area (Å²) in [5, 5.41) is 0.529. The van der Waals surface area contributed by atoms with E-state index in [1.54, 1.807) is 0 Å². The third kappa shape index (κ3) is 1.19. The van der Waals surface area contributed by atoms with Crippen molar-refractivity contribution in [1.29, 1.82) is 0 Å². The first-order chi connectivity index (χ1) is 6.11. The number of hydrogen-bond donors (Lipinski definition) is 2. The van der Waals surface area contributed by atoms with Crippen LogP contribution in [0.15, 0.2) is 6.07 Å². The number of halogens is 2. The van der Waals surface area contributed by atoms with E-state index in [0.29, 0.717) is 10.6 Å². The Balaban J connectivity index is 2.70. The van der Waals surface area contributed by atoms with Crippen LogP contribution in [-0.2, 0) is 6.42 Å². The lowest BCUT2D eigenvalue weighted by molar-refractivity contribution is 0.593. The molecule has 0 radical (unpaired) electrons. The van der Waals surface area contributed by atoms with Gasteiger partial charge in [-0.2, -0.15) is 0 Å².